The summed E-state index contributed by atoms with van der Waals surface area (Å²) in [7, 11) is 0. The maximum Gasteiger partial charge on any atom is 0.257 e. The molecule has 0 heterocycles. The molecule has 0 saturated heterocycles. The maximum absolute atomic E-state index is 12.1. The lowest BCUT2D eigenvalue weighted by molar-refractivity contribution is 0.116. The fourth-order valence-corrected chi connectivity index (χ4v) is 0.950. The number of alkyl halides is 2. The molecule has 66 valence electrons. The van der Waals surface area contributed by atoms with Gasteiger partial charge in [0.2, 0.25) is 0 Å². The molecule has 0 saturated carbocycles. The Morgan fingerprint density at radius 2 is 1.75 bits per heavy atom. The number of nitrogens with two attached hydrogens (primary N) is 2. The number of nitrogen functional groups attached to an aromatic ring is 1. The molecule has 2 nitrogen and oxygen atoms in total. The first-order valence-electron chi connectivity index (χ1n) is 3.51. The Kier molecular flexibility index (Phi) is 2.60. The molecule has 0 unspecified atom stereocenters. The van der Waals surface area contributed by atoms with Gasteiger partial charge in [-0.15, -0.1) is 0 Å². The summed E-state index contributed by atoms with van der Waals surface area (Å²) in [4.78, 5) is 0. The summed E-state index contributed by atoms with van der Waals surface area (Å²) in [5.74, 6) is 0. The molecule has 0 amide bonds. The van der Waals surface area contributed by atoms with Crippen LogP contribution in [0, 0.1) is 0 Å². The Balaban J connectivity index is 2.94. The molecule has 1 aromatic rings. The van der Waals surface area contributed by atoms with E-state index in [9.17, 15) is 8.78 Å². The van der Waals surface area contributed by atoms with Gasteiger partial charge >= 0.3 is 0 Å². The highest BCUT2D eigenvalue weighted by Crippen LogP contribution is 2.22. The van der Waals surface area contributed by atoms with Crippen molar-refractivity contribution in [1.82, 2.24) is 0 Å². The molecule has 4 heteroatoms. The number of benzene rings is 1. The SMILES string of the molecule is Nc1ccccc1[C@@H](N)C(F)F. The van der Waals surface area contributed by atoms with Crippen molar-refractivity contribution in [3.63, 3.8) is 0 Å². The zero-order valence-corrected chi connectivity index (χ0v) is 6.37. The van der Waals surface area contributed by atoms with Gasteiger partial charge in [0, 0.05) is 5.69 Å². The van der Waals surface area contributed by atoms with Crippen molar-refractivity contribution in [3.05, 3.63) is 29.8 Å². The summed E-state index contributed by atoms with van der Waals surface area (Å²) in [5, 5.41) is 0. The van der Waals surface area contributed by atoms with E-state index in [0.717, 1.165) is 0 Å². The lowest BCUT2D eigenvalue weighted by atomic mass is 10.1. The molecule has 0 fully saturated rings. The van der Waals surface area contributed by atoms with Crippen molar-refractivity contribution in [1.29, 1.82) is 0 Å². The predicted octanol–water partition coefficient (Wildman–Crippen LogP) is 1.53. The highest BCUT2D eigenvalue weighted by Gasteiger charge is 2.18. The van der Waals surface area contributed by atoms with E-state index in [4.69, 9.17) is 11.5 Å². The molecule has 0 aromatic heterocycles. The molecule has 1 atom stereocenters. The zero-order chi connectivity index (χ0) is 9.14. The van der Waals surface area contributed by atoms with E-state index in [-0.39, 0.29) is 0 Å². The molecule has 0 spiro atoms. The molecule has 4 N–H and O–H groups in total. The summed E-state index contributed by atoms with van der Waals surface area (Å²) >= 11 is 0. The largest absolute Gasteiger partial charge is 0.398 e. The van der Waals surface area contributed by atoms with Crippen LogP contribution in [0.5, 0.6) is 0 Å². The molecule has 0 aliphatic rings. The van der Waals surface area contributed by atoms with Crippen LogP contribution in [0.1, 0.15) is 11.6 Å². The minimum Gasteiger partial charge on any atom is -0.398 e. The smallest absolute Gasteiger partial charge is 0.257 e. The molecule has 12 heavy (non-hydrogen) atoms. The van der Waals surface area contributed by atoms with Crippen LogP contribution in [0.15, 0.2) is 24.3 Å². The molecule has 0 aliphatic heterocycles. The van der Waals surface area contributed by atoms with Gasteiger partial charge in [0.1, 0.15) is 0 Å². The second kappa shape index (κ2) is 3.49. The second-order valence-corrected chi connectivity index (χ2v) is 2.49. The summed E-state index contributed by atoms with van der Waals surface area (Å²) in [5.41, 5.74) is 11.3. The Morgan fingerprint density at radius 3 is 2.25 bits per heavy atom. The first kappa shape index (κ1) is 8.93. The number of hydrogen-bond acceptors (Lipinski definition) is 2. The maximum atomic E-state index is 12.1. The molecular weight excluding hydrogens is 162 g/mol. The van der Waals surface area contributed by atoms with Gasteiger partial charge in [0.05, 0.1) is 6.04 Å². The van der Waals surface area contributed by atoms with Gasteiger partial charge in [0.15, 0.2) is 0 Å². The topological polar surface area (TPSA) is 52.0 Å². The second-order valence-electron chi connectivity index (χ2n) is 2.49. The van der Waals surface area contributed by atoms with Crippen molar-refractivity contribution in [3.8, 4) is 0 Å². The van der Waals surface area contributed by atoms with Crippen molar-refractivity contribution >= 4 is 5.69 Å². The van der Waals surface area contributed by atoms with Crippen LogP contribution in [-0.2, 0) is 0 Å². The Morgan fingerprint density at radius 1 is 1.17 bits per heavy atom. The van der Waals surface area contributed by atoms with Crippen LogP contribution >= 0.6 is 0 Å². The molecule has 1 rings (SSSR count). The average molecular weight is 172 g/mol. The van der Waals surface area contributed by atoms with Gasteiger partial charge in [-0.25, -0.2) is 8.78 Å². The Labute approximate surface area is 69.2 Å². The van der Waals surface area contributed by atoms with E-state index >= 15 is 0 Å². The number of rotatable bonds is 2. The van der Waals surface area contributed by atoms with Gasteiger partial charge < -0.3 is 11.5 Å². The highest BCUT2D eigenvalue weighted by molar-refractivity contribution is 5.48. The fourth-order valence-electron chi connectivity index (χ4n) is 0.950. The van der Waals surface area contributed by atoms with E-state index in [0.29, 0.717) is 11.3 Å². The summed E-state index contributed by atoms with van der Waals surface area (Å²) < 4.78 is 24.2. The number of anilines is 1. The van der Waals surface area contributed by atoms with E-state index in [1.807, 2.05) is 0 Å². The lowest BCUT2D eigenvalue weighted by Gasteiger charge is -2.12. The third kappa shape index (κ3) is 1.71. The monoisotopic (exact) mass is 172 g/mol. The molecule has 0 bridgehead atoms. The van der Waals surface area contributed by atoms with Gasteiger partial charge in [-0.3, -0.25) is 0 Å². The average Bonchev–Trinajstić information content (AvgIpc) is 2.04. The van der Waals surface area contributed by atoms with Crippen LogP contribution in [0.3, 0.4) is 0 Å². The van der Waals surface area contributed by atoms with Gasteiger partial charge in [0.25, 0.3) is 6.43 Å². The van der Waals surface area contributed by atoms with Crippen LogP contribution in [0.25, 0.3) is 0 Å². The predicted molar refractivity (Wildman–Crippen MR) is 43.8 cm³/mol. The number of para-hydroxylation sites is 1. The van der Waals surface area contributed by atoms with Crippen LogP contribution < -0.4 is 11.5 Å². The summed E-state index contributed by atoms with van der Waals surface area (Å²) in [6, 6.07) is 5.08. The Bertz CT molecular complexity index is 263. The van der Waals surface area contributed by atoms with Crippen LogP contribution in [-0.4, -0.2) is 6.43 Å². The third-order valence-corrected chi connectivity index (χ3v) is 1.63. The highest BCUT2D eigenvalue weighted by atomic mass is 19.3. The van der Waals surface area contributed by atoms with E-state index in [1.165, 1.54) is 6.07 Å². The minimum absolute atomic E-state index is 0.299. The van der Waals surface area contributed by atoms with Crippen molar-refractivity contribution < 1.29 is 8.78 Å². The standard InChI is InChI=1S/C8H10F2N2/c9-8(10)7(12)5-3-1-2-4-6(5)11/h1-4,7-8H,11-12H2/t7-/m1/s1. The molecular formula is C8H10F2N2. The molecule has 0 radical (unpaired) electrons. The quantitative estimate of drug-likeness (QED) is 0.665. The molecule has 1 aromatic carbocycles. The van der Waals surface area contributed by atoms with E-state index in [1.54, 1.807) is 18.2 Å². The Hall–Kier alpha value is -1.16. The van der Waals surface area contributed by atoms with Crippen molar-refractivity contribution in [2.24, 2.45) is 5.73 Å². The first-order chi connectivity index (χ1) is 5.63. The van der Waals surface area contributed by atoms with Gasteiger partial charge in [-0.05, 0) is 11.6 Å². The van der Waals surface area contributed by atoms with E-state index in [2.05, 4.69) is 0 Å². The fraction of sp³-hybridized carbons (Fsp3) is 0.250. The third-order valence-electron chi connectivity index (χ3n) is 1.63. The molecule has 0 aliphatic carbocycles. The summed E-state index contributed by atoms with van der Waals surface area (Å²) in [6.07, 6.45) is -2.57. The first-order valence-corrected chi connectivity index (χ1v) is 3.51. The number of halogens is 2. The van der Waals surface area contributed by atoms with Gasteiger partial charge in [-0.2, -0.15) is 0 Å². The normalized spacial score (nSPS) is 13.3. The van der Waals surface area contributed by atoms with Gasteiger partial charge in [-0.1, -0.05) is 18.2 Å². The van der Waals surface area contributed by atoms with Crippen molar-refractivity contribution in [2.45, 2.75) is 12.5 Å². The summed E-state index contributed by atoms with van der Waals surface area (Å²) in [6.45, 7) is 0. The van der Waals surface area contributed by atoms with Crippen LogP contribution in [0.4, 0.5) is 14.5 Å². The van der Waals surface area contributed by atoms with E-state index < -0.39 is 12.5 Å². The van der Waals surface area contributed by atoms with Crippen molar-refractivity contribution in [2.75, 3.05) is 5.73 Å². The lowest BCUT2D eigenvalue weighted by Crippen LogP contribution is -2.20. The number of hydrogen-bond donors (Lipinski definition) is 2. The minimum atomic E-state index is -2.57. The zero-order valence-electron chi connectivity index (χ0n) is 6.37. The van der Waals surface area contributed by atoms with Crippen LogP contribution in [0.2, 0.25) is 0 Å².